The standard InChI is InChI=1S/C22H22ClF2N5O3S/c23-20-13(2-1-5-28-34(32)33)10-15(24)21(25)19(20)22(31)14-3-4-16-17(11-14)29-18(12-27-16)30-8-6-26-7-9-30/h3-4,10-12,26,28H,1-2,5-9H2,(H,32,33). The van der Waals surface area contributed by atoms with E-state index in [0.717, 1.165) is 32.2 Å². The number of carbonyl (C=O) groups is 1. The molecule has 3 aromatic rings. The molecule has 1 unspecified atom stereocenters. The smallest absolute Gasteiger partial charge is 0.231 e. The summed E-state index contributed by atoms with van der Waals surface area (Å²) in [7, 11) is 0. The second-order valence-corrected chi connectivity index (χ2v) is 8.93. The molecule has 1 aliphatic heterocycles. The van der Waals surface area contributed by atoms with Gasteiger partial charge in [-0.25, -0.2) is 22.7 Å². The highest BCUT2D eigenvalue weighted by molar-refractivity contribution is 7.77. The fourth-order valence-corrected chi connectivity index (χ4v) is 4.45. The van der Waals surface area contributed by atoms with Crippen LogP contribution in [0.2, 0.25) is 5.02 Å². The van der Waals surface area contributed by atoms with Gasteiger partial charge in [-0.3, -0.25) is 14.3 Å². The Morgan fingerprint density at radius 1 is 1.24 bits per heavy atom. The molecule has 1 aliphatic rings. The molecule has 0 amide bonds. The van der Waals surface area contributed by atoms with Crippen LogP contribution >= 0.6 is 11.6 Å². The molecule has 4 rings (SSSR count). The van der Waals surface area contributed by atoms with Gasteiger partial charge in [0.05, 0.1) is 27.8 Å². The summed E-state index contributed by atoms with van der Waals surface area (Å²) < 4.78 is 50.8. The number of hydrogen-bond donors (Lipinski definition) is 3. The minimum Gasteiger partial charge on any atom is -0.353 e. The number of ketones is 1. The molecule has 2 heterocycles. The highest BCUT2D eigenvalue weighted by Gasteiger charge is 2.24. The number of rotatable bonds is 8. The molecule has 0 saturated carbocycles. The average Bonchev–Trinajstić information content (AvgIpc) is 2.84. The second kappa shape index (κ2) is 10.8. The number of fused-ring (bicyclic) bond motifs is 1. The number of aryl methyl sites for hydroxylation is 1. The van der Waals surface area contributed by atoms with Crippen molar-refractivity contribution >= 4 is 45.5 Å². The molecule has 0 bridgehead atoms. The van der Waals surface area contributed by atoms with E-state index in [2.05, 4.69) is 24.9 Å². The van der Waals surface area contributed by atoms with Gasteiger partial charge in [-0.05, 0) is 42.7 Å². The summed E-state index contributed by atoms with van der Waals surface area (Å²) in [4.78, 5) is 24.3. The summed E-state index contributed by atoms with van der Waals surface area (Å²) in [6.07, 6.45) is 2.18. The van der Waals surface area contributed by atoms with Gasteiger partial charge in [0.15, 0.2) is 17.4 Å². The molecule has 1 fully saturated rings. The van der Waals surface area contributed by atoms with Gasteiger partial charge in [0.25, 0.3) is 0 Å². The highest BCUT2D eigenvalue weighted by Crippen LogP contribution is 2.30. The molecule has 180 valence electrons. The summed E-state index contributed by atoms with van der Waals surface area (Å²) in [5, 5.41) is 3.08. The monoisotopic (exact) mass is 509 g/mol. The van der Waals surface area contributed by atoms with Gasteiger partial charge in [-0.1, -0.05) is 11.6 Å². The van der Waals surface area contributed by atoms with Crippen LogP contribution in [0.5, 0.6) is 0 Å². The van der Waals surface area contributed by atoms with Crippen LogP contribution in [0.1, 0.15) is 27.9 Å². The summed E-state index contributed by atoms with van der Waals surface area (Å²) in [5.74, 6) is -2.61. The molecule has 3 N–H and O–H groups in total. The van der Waals surface area contributed by atoms with Crippen LogP contribution < -0.4 is 14.9 Å². The van der Waals surface area contributed by atoms with Crippen LogP contribution in [0.15, 0.2) is 30.5 Å². The Bertz CT molecular complexity index is 1260. The van der Waals surface area contributed by atoms with E-state index in [1.807, 2.05) is 0 Å². The van der Waals surface area contributed by atoms with E-state index < -0.39 is 34.2 Å². The number of anilines is 1. The first kappa shape index (κ1) is 24.6. The third-order valence-electron chi connectivity index (χ3n) is 5.54. The number of nitrogens with one attached hydrogen (secondary N) is 2. The van der Waals surface area contributed by atoms with Gasteiger partial charge in [-0.15, -0.1) is 0 Å². The summed E-state index contributed by atoms with van der Waals surface area (Å²) in [5.41, 5.74) is 0.805. The summed E-state index contributed by atoms with van der Waals surface area (Å²) in [6, 6.07) is 5.52. The Hall–Kier alpha value is -2.57. The van der Waals surface area contributed by atoms with E-state index in [4.69, 9.17) is 16.2 Å². The van der Waals surface area contributed by atoms with Crippen molar-refractivity contribution < 1.29 is 22.3 Å². The first-order valence-electron chi connectivity index (χ1n) is 10.6. The maximum absolute atomic E-state index is 14.7. The molecule has 0 radical (unpaired) electrons. The molecule has 34 heavy (non-hydrogen) atoms. The Kier molecular flexibility index (Phi) is 7.79. The van der Waals surface area contributed by atoms with Gasteiger partial charge in [-0.2, -0.15) is 0 Å². The third-order valence-corrected chi connectivity index (χ3v) is 6.42. The molecule has 0 spiro atoms. The average molecular weight is 510 g/mol. The lowest BCUT2D eigenvalue weighted by Gasteiger charge is -2.28. The van der Waals surface area contributed by atoms with Crippen molar-refractivity contribution in [2.75, 3.05) is 37.6 Å². The zero-order valence-corrected chi connectivity index (χ0v) is 19.6. The van der Waals surface area contributed by atoms with Crippen LogP contribution in [0, 0.1) is 11.6 Å². The van der Waals surface area contributed by atoms with E-state index in [0.29, 0.717) is 23.3 Å². The molecule has 2 aromatic carbocycles. The quantitative estimate of drug-likeness (QED) is 0.185. The van der Waals surface area contributed by atoms with Crippen LogP contribution in [0.25, 0.3) is 11.0 Å². The number of nitrogens with zero attached hydrogens (tertiary/aromatic N) is 3. The maximum Gasteiger partial charge on any atom is 0.231 e. The minimum absolute atomic E-state index is 0.106. The van der Waals surface area contributed by atoms with Crippen molar-refractivity contribution in [3.05, 3.63) is 63.8 Å². The fourth-order valence-electron chi connectivity index (χ4n) is 3.81. The molecule has 8 nitrogen and oxygen atoms in total. The van der Waals surface area contributed by atoms with Gasteiger partial charge >= 0.3 is 0 Å². The molecule has 1 atom stereocenters. The molecule has 12 heteroatoms. The van der Waals surface area contributed by atoms with Gasteiger partial charge in [0, 0.05) is 38.3 Å². The van der Waals surface area contributed by atoms with Crippen LogP contribution in [0.3, 0.4) is 0 Å². The first-order chi connectivity index (χ1) is 16.3. The Morgan fingerprint density at radius 2 is 2.00 bits per heavy atom. The Labute approximate surface area is 202 Å². The minimum atomic E-state index is -2.18. The first-order valence-corrected chi connectivity index (χ1v) is 12.1. The molecule has 0 aliphatic carbocycles. The SMILES string of the molecule is O=C(c1ccc2ncc(N3CCNCC3)nc2c1)c1c(F)c(F)cc(CCCNS(=O)O)c1Cl. The van der Waals surface area contributed by atoms with E-state index in [1.165, 1.54) is 12.1 Å². The third kappa shape index (κ3) is 5.39. The van der Waals surface area contributed by atoms with Crippen molar-refractivity contribution in [3.8, 4) is 0 Å². The zero-order chi connectivity index (χ0) is 24.2. The predicted octanol–water partition coefficient (Wildman–Crippen LogP) is 2.86. The Balaban J connectivity index is 1.64. The maximum atomic E-state index is 14.7. The molecule has 1 aromatic heterocycles. The number of hydrogen-bond acceptors (Lipinski definition) is 6. The summed E-state index contributed by atoms with van der Waals surface area (Å²) in [6.45, 7) is 3.35. The normalized spacial score (nSPS) is 15.0. The molecular weight excluding hydrogens is 488 g/mol. The zero-order valence-electron chi connectivity index (χ0n) is 18.0. The predicted molar refractivity (Wildman–Crippen MR) is 127 cm³/mol. The number of aromatic nitrogens is 2. The summed E-state index contributed by atoms with van der Waals surface area (Å²) >= 11 is 4.14. The van der Waals surface area contributed by atoms with E-state index in [-0.39, 0.29) is 29.1 Å². The number of piperazine rings is 1. The number of benzene rings is 2. The van der Waals surface area contributed by atoms with Gasteiger partial charge in [0.1, 0.15) is 5.82 Å². The van der Waals surface area contributed by atoms with Crippen molar-refractivity contribution in [1.29, 1.82) is 0 Å². The van der Waals surface area contributed by atoms with Gasteiger partial charge < -0.3 is 10.2 Å². The van der Waals surface area contributed by atoms with E-state index >= 15 is 0 Å². The van der Waals surface area contributed by atoms with Crippen LogP contribution in [-0.4, -0.2) is 57.2 Å². The highest BCUT2D eigenvalue weighted by atomic mass is 35.5. The lowest BCUT2D eigenvalue weighted by molar-refractivity contribution is 0.103. The van der Waals surface area contributed by atoms with E-state index in [1.54, 1.807) is 12.3 Å². The van der Waals surface area contributed by atoms with Crippen molar-refractivity contribution in [2.45, 2.75) is 12.8 Å². The van der Waals surface area contributed by atoms with E-state index in [9.17, 15) is 17.8 Å². The topological polar surface area (TPSA) is 107 Å². The lowest BCUT2D eigenvalue weighted by Crippen LogP contribution is -2.43. The van der Waals surface area contributed by atoms with Crippen molar-refractivity contribution in [2.24, 2.45) is 0 Å². The van der Waals surface area contributed by atoms with Crippen LogP contribution in [-0.2, 0) is 17.7 Å². The number of carbonyl (C=O) groups excluding carboxylic acids is 1. The Morgan fingerprint density at radius 3 is 2.74 bits per heavy atom. The van der Waals surface area contributed by atoms with Crippen LogP contribution in [0.4, 0.5) is 14.6 Å². The largest absolute Gasteiger partial charge is 0.353 e. The molecular formula is C22H22ClF2N5O3S. The molecule has 1 saturated heterocycles. The fraction of sp³-hybridized carbons (Fsp3) is 0.318. The van der Waals surface area contributed by atoms with Gasteiger partial charge in [0.2, 0.25) is 11.3 Å². The lowest BCUT2D eigenvalue weighted by atomic mass is 9.98. The number of halogens is 3. The van der Waals surface area contributed by atoms with Crippen molar-refractivity contribution in [1.82, 2.24) is 20.0 Å². The van der Waals surface area contributed by atoms with Crippen molar-refractivity contribution in [3.63, 3.8) is 0 Å². The second-order valence-electron chi connectivity index (χ2n) is 7.77.